The number of carbonyl (C=O) groups is 2. The lowest BCUT2D eigenvalue weighted by Gasteiger charge is -2.38. The highest BCUT2D eigenvalue weighted by molar-refractivity contribution is 5.95. The lowest BCUT2D eigenvalue weighted by Crippen LogP contribution is -2.52. The number of hydrogen-bond acceptors (Lipinski definition) is 5. The number of aryl methyl sites for hydroxylation is 3. The highest BCUT2D eigenvalue weighted by Crippen LogP contribution is 2.29. The summed E-state index contributed by atoms with van der Waals surface area (Å²) in [6.45, 7) is 12.4. The van der Waals surface area contributed by atoms with Crippen LogP contribution in [0.4, 0.5) is 10.5 Å². The van der Waals surface area contributed by atoms with Crippen LogP contribution in [0.1, 0.15) is 42.1 Å². The van der Waals surface area contributed by atoms with E-state index in [9.17, 15) is 9.59 Å². The Kier molecular flexibility index (Phi) is 7.76. The summed E-state index contributed by atoms with van der Waals surface area (Å²) in [7, 11) is 0. The van der Waals surface area contributed by atoms with Crippen LogP contribution in [0, 0.1) is 13.8 Å². The summed E-state index contributed by atoms with van der Waals surface area (Å²) < 4.78 is 5.42. The lowest BCUT2D eigenvalue weighted by molar-refractivity contribution is -0.139. The average Bonchev–Trinajstić information content (AvgIpc) is 2.86. The van der Waals surface area contributed by atoms with Gasteiger partial charge in [0.2, 0.25) is 0 Å². The summed E-state index contributed by atoms with van der Waals surface area (Å²) in [5, 5.41) is 5.84. The number of benzene rings is 2. The van der Waals surface area contributed by atoms with Crippen LogP contribution in [0.5, 0.6) is 0 Å². The summed E-state index contributed by atoms with van der Waals surface area (Å²) >= 11 is 0. The molecule has 2 N–H and O–H groups in total. The number of rotatable bonds is 7. The molecular formula is C28H36N4O3. The third kappa shape index (κ3) is 5.68. The van der Waals surface area contributed by atoms with Crippen molar-refractivity contribution >= 4 is 17.7 Å². The summed E-state index contributed by atoms with van der Waals surface area (Å²) in [6.07, 6.45) is 0.929. The normalized spacial score (nSPS) is 18.8. The summed E-state index contributed by atoms with van der Waals surface area (Å²) in [5.41, 5.74) is 6.99. The second-order valence-corrected chi connectivity index (χ2v) is 9.29. The minimum absolute atomic E-state index is 0.277. The molecule has 4 rings (SSSR count). The number of nitrogens with one attached hydrogen (secondary N) is 2. The van der Waals surface area contributed by atoms with Crippen molar-refractivity contribution in [3.05, 3.63) is 76.0 Å². The molecule has 1 saturated heterocycles. The van der Waals surface area contributed by atoms with Crippen LogP contribution in [0.15, 0.2) is 53.7 Å². The predicted molar refractivity (Wildman–Crippen MR) is 138 cm³/mol. The Labute approximate surface area is 208 Å². The van der Waals surface area contributed by atoms with Gasteiger partial charge < -0.3 is 20.3 Å². The van der Waals surface area contributed by atoms with Gasteiger partial charge in [0, 0.05) is 44.1 Å². The molecule has 1 atom stereocenters. The molecule has 2 amide bonds. The maximum Gasteiger partial charge on any atom is 0.338 e. The third-order valence-corrected chi connectivity index (χ3v) is 6.83. The topological polar surface area (TPSA) is 73.9 Å². The van der Waals surface area contributed by atoms with E-state index in [4.69, 9.17) is 4.74 Å². The zero-order valence-corrected chi connectivity index (χ0v) is 21.2. The standard InChI is InChI=1S/C28H36N4O3/c1-5-21-9-11-22(12-10-21)26-25(27(33)35-6-2)23(29-28(34)30-26)18-31-13-15-32(16-14-31)24-17-19(3)7-8-20(24)4/h7-12,17,26H,5-6,13-16,18H2,1-4H3,(H2,29,30,34)/t26-/m1/s1. The van der Waals surface area contributed by atoms with E-state index in [0.29, 0.717) is 17.8 Å². The first-order valence-corrected chi connectivity index (χ1v) is 12.5. The maximum atomic E-state index is 13.1. The van der Waals surface area contributed by atoms with Crippen molar-refractivity contribution in [3.63, 3.8) is 0 Å². The van der Waals surface area contributed by atoms with Crippen molar-refractivity contribution in [3.8, 4) is 0 Å². The van der Waals surface area contributed by atoms with Crippen LogP contribution < -0.4 is 15.5 Å². The fourth-order valence-corrected chi connectivity index (χ4v) is 4.82. The Balaban J connectivity index is 1.56. The van der Waals surface area contributed by atoms with E-state index in [1.54, 1.807) is 6.92 Å². The Bertz CT molecular complexity index is 1100. The molecule has 0 spiro atoms. The average molecular weight is 477 g/mol. The van der Waals surface area contributed by atoms with Gasteiger partial charge in [-0.2, -0.15) is 0 Å². The molecule has 0 saturated carbocycles. The van der Waals surface area contributed by atoms with Crippen LogP contribution in [0.25, 0.3) is 0 Å². The number of hydrogen-bond donors (Lipinski definition) is 2. The molecule has 1 fully saturated rings. The number of carbonyl (C=O) groups excluding carboxylic acids is 2. The second-order valence-electron chi connectivity index (χ2n) is 9.29. The Morgan fingerprint density at radius 3 is 2.40 bits per heavy atom. The third-order valence-electron chi connectivity index (χ3n) is 6.83. The van der Waals surface area contributed by atoms with Crippen LogP contribution in [0.3, 0.4) is 0 Å². The first-order chi connectivity index (χ1) is 16.9. The number of urea groups is 1. The number of ether oxygens (including phenoxy) is 1. The van der Waals surface area contributed by atoms with Crippen molar-refractivity contribution in [2.24, 2.45) is 0 Å². The molecule has 7 nitrogen and oxygen atoms in total. The number of piperazine rings is 1. The molecule has 2 aromatic carbocycles. The van der Waals surface area contributed by atoms with Gasteiger partial charge in [0.05, 0.1) is 18.2 Å². The van der Waals surface area contributed by atoms with E-state index in [-0.39, 0.29) is 12.6 Å². The van der Waals surface area contributed by atoms with Gasteiger partial charge >= 0.3 is 12.0 Å². The van der Waals surface area contributed by atoms with Gasteiger partial charge in [0.1, 0.15) is 0 Å². The Hall–Kier alpha value is -3.32. The number of amides is 2. The van der Waals surface area contributed by atoms with Gasteiger partial charge in [-0.1, -0.05) is 43.3 Å². The zero-order valence-electron chi connectivity index (χ0n) is 21.2. The van der Waals surface area contributed by atoms with Gasteiger partial charge in [-0.05, 0) is 55.5 Å². The minimum atomic E-state index is -0.542. The van der Waals surface area contributed by atoms with Gasteiger partial charge in [0.25, 0.3) is 0 Å². The van der Waals surface area contributed by atoms with E-state index >= 15 is 0 Å². The monoisotopic (exact) mass is 476 g/mol. The highest BCUT2D eigenvalue weighted by atomic mass is 16.5. The molecule has 2 aliphatic heterocycles. The smallest absolute Gasteiger partial charge is 0.338 e. The highest BCUT2D eigenvalue weighted by Gasteiger charge is 2.34. The predicted octanol–water partition coefficient (Wildman–Crippen LogP) is 3.86. The fourth-order valence-electron chi connectivity index (χ4n) is 4.82. The van der Waals surface area contributed by atoms with Crippen molar-refractivity contribution in [2.45, 2.75) is 40.2 Å². The molecule has 0 bridgehead atoms. The van der Waals surface area contributed by atoms with E-state index in [2.05, 4.69) is 59.4 Å². The van der Waals surface area contributed by atoms with E-state index in [1.165, 1.54) is 22.4 Å². The largest absolute Gasteiger partial charge is 0.463 e. The molecule has 186 valence electrons. The van der Waals surface area contributed by atoms with Crippen LogP contribution in [-0.2, 0) is 16.0 Å². The quantitative estimate of drug-likeness (QED) is 0.594. The Morgan fingerprint density at radius 1 is 1.03 bits per heavy atom. The summed E-state index contributed by atoms with van der Waals surface area (Å²) in [5.74, 6) is -0.395. The maximum absolute atomic E-state index is 13.1. The van der Waals surface area contributed by atoms with E-state index in [1.807, 2.05) is 24.3 Å². The molecule has 2 aliphatic rings. The molecule has 7 heteroatoms. The molecule has 0 radical (unpaired) electrons. The summed E-state index contributed by atoms with van der Waals surface area (Å²) in [4.78, 5) is 30.4. The molecule has 2 aromatic rings. The minimum Gasteiger partial charge on any atom is -0.463 e. The first-order valence-electron chi connectivity index (χ1n) is 12.5. The fraction of sp³-hybridized carbons (Fsp3) is 0.429. The molecule has 2 heterocycles. The molecule has 35 heavy (non-hydrogen) atoms. The van der Waals surface area contributed by atoms with Crippen LogP contribution in [0.2, 0.25) is 0 Å². The molecule has 0 aromatic heterocycles. The zero-order chi connectivity index (χ0) is 24.9. The van der Waals surface area contributed by atoms with Crippen LogP contribution in [-0.4, -0.2) is 56.2 Å². The van der Waals surface area contributed by atoms with Crippen LogP contribution >= 0.6 is 0 Å². The second kappa shape index (κ2) is 11.0. The van der Waals surface area contributed by atoms with E-state index < -0.39 is 12.0 Å². The van der Waals surface area contributed by atoms with Crippen molar-refractivity contribution in [1.82, 2.24) is 15.5 Å². The van der Waals surface area contributed by atoms with Crippen molar-refractivity contribution in [1.29, 1.82) is 0 Å². The van der Waals surface area contributed by atoms with Crippen molar-refractivity contribution in [2.75, 3.05) is 44.2 Å². The first kappa shape index (κ1) is 24.8. The van der Waals surface area contributed by atoms with Gasteiger partial charge in [-0.3, -0.25) is 4.90 Å². The number of nitrogens with zero attached hydrogens (tertiary/aromatic N) is 2. The van der Waals surface area contributed by atoms with Gasteiger partial charge in [0.15, 0.2) is 0 Å². The molecule has 0 unspecified atom stereocenters. The van der Waals surface area contributed by atoms with Gasteiger partial charge in [-0.25, -0.2) is 9.59 Å². The number of anilines is 1. The SMILES string of the molecule is CCOC(=O)C1=C(CN2CCN(c3cc(C)ccc3C)CC2)NC(=O)N[C@@H]1c1ccc(CC)cc1. The van der Waals surface area contributed by atoms with E-state index in [0.717, 1.165) is 38.2 Å². The summed E-state index contributed by atoms with van der Waals surface area (Å²) in [6, 6.07) is 13.8. The molecular weight excluding hydrogens is 440 g/mol. The van der Waals surface area contributed by atoms with Crippen molar-refractivity contribution < 1.29 is 14.3 Å². The Morgan fingerprint density at radius 2 is 1.74 bits per heavy atom. The van der Waals surface area contributed by atoms with Gasteiger partial charge in [-0.15, -0.1) is 0 Å². The molecule has 0 aliphatic carbocycles. The lowest BCUT2D eigenvalue weighted by atomic mass is 9.94. The number of esters is 1.